The van der Waals surface area contributed by atoms with Gasteiger partial charge in [-0.2, -0.15) is 0 Å². The Morgan fingerprint density at radius 3 is 2.44 bits per heavy atom. The average Bonchev–Trinajstić information content (AvgIpc) is 2.98. The molecular weight excluding hydrogens is 196 g/mol. The zero-order valence-electron chi connectivity index (χ0n) is 11.2. The molecule has 1 saturated carbocycles. The topological polar surface area (TPSA) is 15.3 Å². The van der Waals surface area contributed by atoms with Crippen LogP contribution in [0.2, 0.25) is 0 Å². The summed E-state index contributed by atoms with van der Waals surface area (Å²) < 4.78 is 0. The predicted octanol–water partition coefficient (Wildman–Crippen LogP) is 2.35. The molecule has 2 fully saturated rings. The number of likely N-dealkylation sites (tertiary alicyclic amines) is 1. The lowest BCUT2D eigenvalue weighted by molar-refractivity contribution is 0.296. The van der Waals surface area contributed by atoms with Gasteiger partial charge < -0.3 is 10.2 Å². The maximum absolute atomic E-state index is 3.67. The molecular formula is C14H28N2. The Balaban J connectivity index is 1.56. The Hall–Kier alpha value is -0.0800. The second kappa shape index (κ2) is 5.50. The van der Waals surface area contributed by atoms with E-state index in [1.165, 1.54) is 45.4 Å². The van der Waals surface area contributed by atoms with Crippen molar-refractivity contribution < 1.29 is 0 Å². The van der Waals surface area contributed by atoms with Crippen molar-refractivity contribution in [1.29, 1.82) is 0 Å². The van der Waals surface area contributed by atoms with Gasteiger partial charge in [0.15, 0.2) is 0 Å². The van der Waals surface area contributed by atoms with Crippen molar-refractivity contribution in [2.75, 3.05) is 26.2 Å². The van der Waals surface area contributed by atoms with Crippen LogP contribution in [0.1, 0.15) is 40.0 Å². The highest BCUT2D eigenvalue weighted by Crippen LogP contribution is 2.32. The number of hydrogen-bond donors (Lipinski definition) is 1. The van der Waals surface area contributed by atoms with E-state index in [1.807, 2.05) is 0 Å². The molecule has 2 rings (SSSR count). The van der Waals surface area contributed by atoms with Crippen LogP contribution in [0.5, 0.6) is 0 Å². The first kappa shape index (κ1) is 12.4. The van der Waals surface area contributed by atoms with Crippen LogP contribution in [-0.2, 0) is 0 Å². The lowest BCUT2D eigenvalue weighted by Gasteiger charge is -2.19. The van der Waals surface area contributed by atoms with Crippen molar-refractivity contribution in [2.24, 2.45) is 17.8 Å². The molecule has 1 N–H and O–H groups in total. The predicted molar refractivity (Wildman–Crippen MR) is 69.6 cm³/mol. The van der Waals surface area contributed by atoms with E-state index in [0.717, 1.165) is 23.8 Å². The Morgan fingerprint density at radius 2 is 1.88 bits per heavy atom. The van der Waals surface area contributed by atoms with E-state index in [0.29, 0.717) is 0 Å². The maximum Gasteiger partial charge on any atom is 0.0107 e. The van der Waals surface area contributed by atoms with Crippen molar-refractivity contribution in [3.8, 4) is 0 Å². The highest BCUT2D eigenvalue weighted by atomic mass is 15.2. The fraction of sp³-hybridized carbons (Fsp3) is 1.00. The minimum atomic E-state index is 0.753. The summed E-state index contributed by atoms with van der Waals surface area (Å²) in [4.78, 5) is 2.64. The molecule has 2 aliphatic rings. The fourth-order valence-electron chi connectivity index (χ4n) is 2.82. The molecule has 0 spiro atoms. The fourth-order valence-corrected chi connectivity index (χ4v) is 2.82. The number of nitrogens with zero attached hydrogens (tertiary/aromatic N) is 1. The van der Waals surface area contributed by atoms with Crippen LogP contribution in [0.25, 0.3) is 0 Å². The van der Waals surface area contributed by atoms with Crippen LogP contribution in [0.15, 0.2) is 0 Å². The summed E-state index contributed by atoms with van der Waals surface area (Å²) >= 11 is 0. The van der Waals surface area contributed by atoms with E-state index < -0.39 is 0 Å². The third kappa shape index (κ3) is 3.46. The molecule has 1 heterocycles. The van der Waals surface area contributed by atoms with Crippen molar-refractivity contribution in [3.05, 3.63) is 0 Å². The van der Waals surface area contributed by atoms with Crippen molar-refractivity contribution in [3.63, 3.8) is 0 Å². The minimum absolute atomic E-state index is 0.753. The molecule has 0 amide bonds. The zero-order valence-corrected chi connectivity index (χ0v) is 11.2. The molecule has 2 unspecified atom stereocenters. The maximum atomic E-state index is 3.67. The Bertz CT molecular complexity index is 211. The third-order valence-electron chi connectivity index (χ3n) is 4.48. The van der Waals surface area contributed by atoms with Gasteiger partial charge in [0.1, 0.15) is 0 Å². The standard InChI is InChI=1S/C14H28N2/c1-11(2)14-6-8-16(10-14)9-7-15-12(3)13-4-5-13/h11-15H,4-10H2,1-3H3. The molecule has 0 aromatic heterocycles. The van der Waals surface area contributed by atoms with Crippen LogP contribution >= 0.6 is 0 Å². The first-order valence-corrected chi connectivity index (χ1v) is 7.12. The Kier molecular flexibility index (Phi) is 4.26. The van der Waals surface area contributed by atoms with Gasteiger partial charge in [0.05, 0.1) is 0 Å². The third-order valence-corrected chi connectivity index (χ3v) is 4.48. The van der Waals surface area contributed by atoms with Gasteiger partial charge in [0, 0.05) is 25.7 Å². The molecule has 1 saturated heterocycles. The SMILES string of the molecule is CC(C)C1CCN(CCNC(C)C2CC2)C1. The highest BCUT2D eigenvalue weighted by Gasteiger charge is 2.28. The van der Waals surface area contributed by atoms with Gasteiger partial charge in [-0.25, -0.2) is 0 Å². The minimum Gasteiger partial charge on any atom is -0.313 e. The van der Waals surface area contributed by atoms with Gasteiger partial charge in [-0.15, -0.1) is 0 Å². The van der Waals surface area contributed by atoms with Gasteiger partial charge in [0.25, 0.3) is 0 Å². The molecule has 16 heavy (non-hydrogen) atoms. The largest absolute Gasteiger partial charge is 0.313 e. The molecule has 2 atom stereocenters. The average molecular weight is 224 g/mol. The molecule has 2 nitrogen and oxygen atoms in total. The van der Waals surface area contributed by atoms with Gasteiger partial charge in [-0.1, -0.05) is 13.8 Å². The Morgan fingerprint density at radius 1 is 1.12 bits per heavy atom. The van der Waals surface area contributed by atoms with E-state index in [-0.39, 0.29) is 0 Å². The summed E-state index contributed by atoms with van der Waals surface area (Å²) in [5.74, 6) is 2.80. The summed E-state index contributed by atoms with van der Waals surface area (Å²) in [7, 11) is 0. The number of nitrogens with one attached hydrogen (secondary N) is 1. The first-order valence-electron chi connectivity index (χ1n) is 7.12. The van der Waals surface area contributed by atoms with Crippen LogP contribution < -0.4 is 5.32 Å². The van der Waals surface area contributed by atoms with Crippen LogP contribution in [0.3, 0.4) is 0 Å². The van der Waals surface area contributed by atoms with Crippen LogP contribution in [-0.4, -0.2) is 37.1 Å². The second-order valence-electron chi connectivity index (χ2n) is 6.17. The molecule has 1 aliphatic carbocycles. The summed E-state index contributed by atoms with van der Waals surface area (Å²) in [5, 5.41) is 3.67. The van der Waals surface area contributed by atoms with Crippen LogP contribution in [0, 0.1) is 17.8 Å². The highest BCUT2D eigenvalue weighted by molar-refractivity contribution is 4.84. The molecule has 0 aromatic rings. The van der Waals surface area contributed by atoms with Gasteiger partial charge >= 0.3 is 0 Å². The normalized spacial score (nSPS) is 28.9. The van der Waals surface area contributed by atoms with Crippen molar-refractivity contribution >= 4 is 0 Å². The van der Waals surface area contributed by atoms with E-state index in [2.05, 4.69) is 31.0 Å². The molecule has 1 aliphatic heterocycles. The number of rotatable bonds is 6. The second-order valence-corrected chi connectivity index (χ2v) is 6.17. The molecule has 2 heteroatoms. The summed E-state index contributed by atoms with van der Waals surface area (Å²) in [6.07, 6.45) is 4.32. The molecule has 0 bridgehead atoms. The zero-order chi connectivity index (χ0) is 11.5. The lowest BCUT2D eigenvalue weighted by Crippen LogP contribution is -2.36. The van der Waals surface area contributed by atoms with E-state index in [1.54, 1.807) is 0 Å². The van der Waals surface area contributed by atoms with Crippen LogP contribution in [0.4, 0.5) is 0 Å². The summed E-state index contributed by atoms with van der Waals surface area (Å²) in [6.45, 7) is 12.2. The quantitative estimate of drug-likeness (QED) is 0.745. The van der Waals surface area contributed by atoms with E-state index in [9.17, 15) is 0 Å². The molecule has 0 aromatic carbocycles. The number of hydrogen-bond acceptors (Lipinski definition) is 2. The van der Waals surface area contributed by atoms with Crippen molar-refractivity contribution in [2.45, 2.75) is 46.1 Å². The monoisotopic (exact) mass is 224 g/mol. The first-order chi connectivity index (χ1) is 7.66. The van der Waals surface area contributed by atoms with Gasteiger partial charge in [0.2, 0.25) is 0 Å². The van der Waals surface area contributed by atoms with Gasteiger partial charge in [-0.3, -0.25) is 0 Å². The summed E-state index contributed by atoms with van der Waals surface area (Å²) in [6, 6.07) is 0.753. The molecule has 0 radical (unpaired) electrons. The van der Waals surface area contributed by atoms with E-state index >= 15 is 0 Å². The molecule has 94 valence electrons. The van der Waals surface area contributed by atoms with Gasteiger partial charge in [-0.05, 0) is 50.5 Å². The summed E-state index contributed by atoms with van der Waals surface area (Å²) in [5.41, 5.74) is 0. The smallest absolute Gasteiger partial charge is 0.0107 e. The lowest BCUT2D eigenvalue weighted by atomic mass is 9.95. The Labute approximate surface area is 101 Å². The van der Waals surface area contributed by atoms with E-state index in [4.69, 9.17) is 0 Å². The van der Waals surface area contributed by atoms with Crippen molar-refractivity contribution in [1.82, 2.24) is 10.2 Å².